The fourth-order valence-corrected chi connectivity index (χ4v) is 2.93. The van der Waals surface area contributed by atoms with Crippen molar-refractivity contribution in [3.63, 3.8) is 0 Å². The average molecular weight is 344 g/mol. The quantitative estimate of drug-likeness (QED) is 0.341. The monoisotopic (exact) mass is 343 g/mol. The van der Waals surface area contributed by atoms with Gasteiger partial charge in [-0.15, -0.1) is 0 Å². The zero-order valence-corrected chi connectivity index (χ0v) is 12.4. The second kappa shape index (κ2) is 5.40. The van der Waals surface area contributed by atoms with Crippen LogP contribution in [0.3, 0.4) is 0 Å². The zero-order chi connectivity index (χ0) is 14.9. The lowest BCUT2D eigenvalue weighted by atomic mass is 9.61. The fraction of sp³-hybridized carbons (Fsp3) is 0.385. The molecule has 1 fully saturated rings. The van der Waals surface area contributed by atoms with Crippen molar-refractivity contribution in [1.82, 2.24) is 0 Å². The van der Waals surface area contributed by atoms with Crippen molar-refractivity contribution in [2.45, 2.75) is 19.8 Å². The standard InChI is InChI=1S/C13H15BrFN3O2/c1-7-5-13(6-7,11(16)18-20)12(19)17-10-4-8(14)2-3-9(10)15/h2-4,7,20H,5-6H2,1H3,(H2,16,18)(H,17,19). The molecule has 0 unspecified atom stereocenters. The number of benzene rings is 1. The fourth-order valence-electron chi connectivity index (χ4n) is 2.57. The van der Waals surface area contributed by atoms with Gasteiger partial charge in [0.25, 0.3) is 0 Å². The van der Waals surface area contributed by atoms with Gasteiger partial charge in [0, 0.05) is 4.47 Å². The molecule has 0 saturated heterocycles. The van der Waals surface area contributed by atoms with Gasteiger partial charge in [0.1, 0.15) is 11.2 Å². The van der Waals surface area contributed by atoms with Crippen LogP contribution in [0.5, 0.6) is 0 Å². The highest BCUT2D eigenvalue weighted by molar-refractivity contribution is 9.10. The minimum absolute atomic E-state index is 0.0639. The van der Waals surface area contributed by atoms with Crippen LogP contribution >= 0.6 is 15.9 Å². The van der Waals surface area contributed by atoms with Crippen molar-refractivity contribution < 1.29 is 14.4 Å². The molecule has 1 aromatic rings. The number of nitrogens with two attached hydrogens (primary N) is 1. The second-order valence-corrected chi connectivity index (χ2v) is 6.07. The first kappa shape index (κ1) is 14.8. The third-order valence-electron chi connectivity index (χ3n) is 3.60. The minimum Gasteiger partial charge on any atom is -0.409 e. The van der Waals surface area contributed by atoms with E-state index in [1.807, 2.05) is 6.92 Å². The lowest BCUT2D eigenvalue weighted by molar-refractivity contribution is -0.127. The van der Waals surface area contributed by atoms with Crippen LogP contribution < -0.4 is 11.1 Å². The SMILES string of the molecule is CC1CC(C(=O)Nc2cc(Br)ccc2F)(/C(N)=N/O)C1. The van der Waals surface area contributed by atoms with Gasteiger partial charge < -0.3 is 16.3 Å². The number of rotatable bonds is 3. The van der Waals surface area contributed by atoms with Crippen LogP contribution in [0, 0.1) is 17.2 Å². The summed E-state index contributed by atoms with van der Waals surface area (Å²) in [4.78, 5) is 12.4. The number of nitrogens with one attached hydrogen (secondary N) is 1. The molecule has 0 aliphatic heterocycles. The summed E-state index contributed by atoms with van der Waals surface area (Å²) in [6.07, 6.45) is 0.953. The number of halogens is 2. The topological polar surface area (TPSA) is 87.7 Å². The summed E-state index contributed by atoms with van der Waals surface area (Å²) in [5.74, 6) is -0.830. The lowest BCUT2D eigenvalue weighted by Crippen LogP contribution is -2.54. The van der Waals surface area contributed by atoms with Crippen molar-refractivity contribution in [1.29, 1.82) is 0 Å². The van der Waals surface area contributed by atoms with E-state index in [0.717, 1.165) is 0 Å². The number of amidine groups is 1. The number of anilines is 1. The van der Waals surface area contributed by atoms with Crippen LogP contribution in [0.1, 0.15) is 19.8 Å². The molecule has 1 aromatic carbocycles. The van der Waals surface area contributed by atoms with E-state index in [-0.39, 0.29) is 11.5 Å². The number of hydrogen-bond acceptors (Lipinski definition) is 3. The Morgan fingerprint density at radius 1 is 1.60 bits per heavy atom. The van der Waals surface area contributed by atoms with E-state index in [2.05, 4.69) is 26.4 Å². The number of oxime groups is 1. The summed E-state index contributed by atoms with van der Waals surface area (Å²) in [7, 11) is 0. The van der Waals surface area contributed by atoms with Crippen molar-refractivity contribution in [2.24, 2.45) is 22.2 Å². The predicted octanol–water partition coefficient (Wildman–Crippen LogP) is 2.69. The Kier molecular flexibility index (Phi) is 3.99. The van der Waals surface area contributed by atoms with E-state index >= 15 is 0 Å². The van der Waals surface area contributed by atoms with E-state index in [4.69, 9.17) is 10.9 Å². The Labute approximate surface area is 124 Å². The molecule has 7 heteroatoms. The smallest absolute Gasteiger partial charge is 0.238 e. The molecule has 0 atom stereocenters. The highest BCUT2D eigenvalue weighted by atomic mass is 79.9. The average Bonchev–Trinajstić information content (AvgIpc) is 2.38. The molecule has 0 spiro atoms. The molecule has 1 aliphatic carbocycles. The molecule has 4 N–H and O–H groups in total. The van der Waals surface area contributed by atoms with Crippen molar-refractivity contribution in [3.8, 4) is 0 Å². The van der Waals surface area contributed by atoms with E-state index in [1.54, 1.807) is 0 Å². The van der Waals surface area contributed by atoms with Gasteiger partial charge in [0.05, 0.1) is 5.69 Å². The third kappa shape index (κ3) is 2.49. The molecule has 0 radical (unpaired) electrons. The molecule has 20 heavy (non-hydrogen) atoms. The highest BCUT2D eigenvalue weighted by Crippen LogP contribution is 2.46. The Morgan fingerprint density at radius 2 is 2.25 bits per heavy atom. The summed E-state index contributed by atoms with van der Waals surface area (Å²) < 4.78 is 14.3. The lowest BCUT2D eigenvalue weighted by Gasteiger charge is -2.43. The molecular formula is C13H15BrFN3O2. The molecule has 1 amide bonds. The zero-order valence-electron chi connectivity index (χ0n) is 10.9. The van der Waals surface area contributed by atoms with Crippen LogP contribution in [0.2, 0.25) is 0 Å². The van der Waals surface area contributed by atoms with Crippen molar-refractivity contribution in [3.05, 3.63) is 28.5 Å². The van der Waals surface area contributed by atoms with E-state index in [0.29, 0.717) is 23.2 Å². The largest absolute Gasteiger partial charge is 0.409 e. The maximum atomic E-state index is 13.7. The van der Waals surface area contributed by atoms with Gasteiger partial charge in [0.2, 0.25) is 5.91 Å². The second-order valence-electron chi connectivity index (χ2n) is 5.16. The van der Waals surface area contributed by atoms with E-state index in [9.17, 15) is 9.18 Å². The van der Waals surface area contributed by atoms with Crippen LogP contribution in [-0.2, 0) is 4.79 Å². The van der Waals surface area contributed by atoms with Gasteiger partial charge >= 0.3 is 0 Å². The van der Waals surface area contributed by atoms with Gasteiger partial charge in [-0.2, -0.15) is 0 Å². The van der Waals surface area contributed by atoms with Crippen LogP contribution in [-0.4, -0.2) is 17.0 Å². The molecule has 0 heterocycles. The Balaban J connectivity index is 2.24. The summed E-state index contributed by atoms with van der Waals surface area (Å²) in [5.41, 5.74) is 4.65. The maximum absolute atomic E-state index is 13.7. The Bertz CT molecular complexity index is 571. The maximum Gasteiger partial charge on any atom is 0.238 e. The molecule has 1 aliphatic rings. The Hall–Kier alpha value is -1.63. The first-order chi connectivity index (χ1) is 9.39. The molecule has 108 valence electrons. The molecule has 0 aromatic heterocycles. The van der Waals surface area contributed by atoms with Crippen LogP contribution in [0.4, 0.5) is 10.1 Å². The normalized spacial score (nSPS) is 25.9. The molecule has 1 saturated carbocycles. The molecular weight excluding hydrogens is 329 g/mol. The predicted molar refractivity (Wildman–Crippen MR) is 77.0 cm³/mol. The molecule has 2 rings (SSSR count). The summed E-state index contributed by atoms with van der Waals surface area (Å²) >= 11 is 3.21. The van der Waals surface area contributed by atoms with Crippen LogP contribution in [0.15, 0.2) is 27.8 Å². The number of nitrogens with zero attached hydrogens (tertiary/aromatic N) is 1. The first-order valence-corrected chi connectivity index (χ1v) is 6.93. The number of carbonyl (C=O) groups is 1. The third-order valence-corrected chi connectivity index (χ3v) is 4.10. The Morgan fingerprint density at radius 3 is 2.80 bits per heavy atom. The summed E-state index contributed by atoms with van der Waals surface area (Å²) in [5, 5.41) is 14.3. The first-order valence-electron chi connectivity index (χ1n) is 6.13. The molecule has 0 bridgehead atoms. The van der Waals surface area contributed by atoms with E-state index < -0.39 is 17.1 Å². The van der Waals surface area contributed by atoms with Crippen LogP contribution in [0.25, 0.3) is 0 Å². The van der Waals surface area contributed by atoms with E-state index in [1.165, 1.54) is 18.2 Å². The highest BCUT2D eigenvalue weighted by Gasteiger charge is 2.52. The number of hydrogen-bond donors (Lipinski definition) is 3. The van der Waals surface area contributed by atoms with Gasteiger partial charge in [-0.05, 0) is 37.0 Å². The number of carbonyl (C=O) groups excluding carboxylic acids is 1. The van der Waals surface area contributed by atoms with Crippen molar-refractivity contribution >= 4 is 33.4 Å². The van der Waals surface area contributed by atoms with Gasteiger partial charge in [0.15, 0.2) is 5.84 Å². The summed E-state index contributed by atoms with van der Waals surface area (Å²) in [6.45, 7) is 1.97. The number of amides is 1. The van der Waals surface area contributed by atoms with Gasteiger partial charge in [-0.3, -0.25) is 4.79 Å². The minimum atomic E-state index is -1.05. The summed E-state index contributed by atoms with van der Waals surface area (Å²) in [6, 6.07) is 4.25. The molecule has 5 nitrogen and oxygen atoms in total. The van der Waals surface area contributed by atoms with Crippen molar-refractivity contribution in [2.75, 3.05) is 5.32 Å². The van der Waals surface area contributed by atoms with Gasteiger partial charge in [-0.1, -0.05) is 28.0 Å². The van der Waals surface area contributed by atoms with Gasteiger partial charge in [-0.25, -0.2) is 4.39 Å².